The summed E-state index contributed by atoms with van der Waals surface area (Å²) in [6.45, 7) is 0.136. The summed E-state index contributed by atoms with van der Waals surface area (Å²) >= 11 is 0. The Kier molecular flexibility index (Phi) is 5.15. The molecule has 0 unspecified atom stereocenters. The minimum atomic E-state index is -0.735. The summed E-state index contributed by atoms with van der Waals surface area (Å²) in [5.41, 5.74) is 2.38. The van der Waals surface area contributed by atoms with Crippen LogP contribution in [-0.4, -0.2) is 40.9 Å². The van der Waals surface area contributed by atoms with Crippen LogP contribution in [0, 0.1) is 0 Å². The lowest BCUT2D eigenvalue weighted by Gasteiger charge is -2.19. The zero-order valence-corrected chi connectivity index (χ0v) is 15.5. The van der Waals surface area contributed by atoms with Gasteiger partial charge in [-0.3, -0.25) is 14.6 Å². The highest BCUT2D eigenvalue weighted by Gasteiger charge is 2.24. The fourth-order valence-electron chi connectivity index (χ4n) is 3.16. The zero-order chi connectivity index (χ0) is 20.2. The van der Waals surface area contributed by atoms with Crippen LogP contribution in [0.5, 0.6) is 0 Å². The third-order valence-electron chi connectivity index (χ3n) is 4.53. The van der Waals surface area contributed by atoms with Gasteiger partial charge >= 0.3 is 5.97 Å². The molecule has 0 atom stereocenters. The van der Waals surface area contributed by atoms with Crippen molar-refractivity contribution in [3.05, 3.63) is 60.4 Å². The fraction of sp³-hybridized carbons (Fsp3) is 0.190. The number of benzene rings is 2. The highest BCUT2D eigenvalue weighted by molar-refractivity contribution is 6.02. The lowest BCUT2D eigenvalue weighted by Crippen LogP contribution is -2.27. The molecule has 0 spiro atoms. The molecule has 2 amide bonds. The van der Waals surface area contributed by atoms with Gasteiger partial charge in [-0.25, -0.2) is 9.78 Å². The standard InChI is InChI=1S/C21H18N4O4/c26-19(24-16-8-3-4-9-18(16)25-11-5-10-20(25)27)13-29-21(28)17-12-22-14-6-1-2-7-15(14)23-17/h1-4,6-9,12H,5,10-11,13H2,(H,24,26). The molecule has 8 nitrogen and oxygen atoms in total. The highest BCUT2D eigenvalue weighted by Crippen LogP contribution is 2.29. The second kappa shape index (κ2) is 8.05. The van der Waals surface area contributed by atoms with Crippen LogP contribution in [0.15, 0.2) is 54.7 Å². The van der Waals surface area contributed by atoms with E-state index in [0.717, 1.165) is 6.42 Å². The smallest absolute Gasteiger partial charge is 0.359 e. The number of para-hydroxylation sites is 4. The molecular weight excluding hydrogens is 372 g/mol. The van der Waals surface area contributed by atoms with Gasteiger partial charge in [0.05, 0.1) is 28.6 Å². The SMILES string of the molecule is O=C(COC(=O)c1cnc2ccccc2n1)Nc1ccccc1N1CCCC1=O. The average molecular weight is 390 g/mol. The van der Waals surface area contributed by atoms with Gasteiger partial charge in [-0.2, -0.15) is 0 Å². The lowest BCUT2D eigenvalue weighted by molar-refractivity contribution is -0.119. The van der Waals surface area contributed by atoms with Gasteiger partial charge in [-0.05, 0) is 30.7 Å². The minimum absolute atomic E-state index is 0.0213. The number of ether oxygens (including phenoxy) is 1. The van der Waals surface area contributed by atoms with Crippen molar-refractivity contribution in [2.24, 2.45) is 0 Å². The first-order valence-electron chi connectivity index (χ1n) is 9.20. The van der Waals surface area contributed by atoms with Crippen molar-refractivity contribution in [3.63, 3.8) is 0 Å². The van der Waals surface area contributed by atoms with Crippen LogP contribution < -0.4 is 10.2 Å². The second-order valence-electron chi connectivity index (χ2n) is 6.53. The number of hydrogen-bond donors (Lipinski definition) is 1. The summed E-state index contributed by atoms with van der Waals surface area (Å²) in [4.78, 5) is 46.5. The Morgan fingerprint density at radius 2 is 1.83 bits per heavy atom. The third-order valence-corrected chi connectivity index (χ3v) is 4.53. The Balaban J connectivity index is 1.40. The van der Waals surface area contributed by atoms with Crippen LogP contribution in [0.4, 0.5) is 11.4 Å². The van der Waals surface area contributed by atoms with Crippen LogP contribution in [0.3, 0.4) is 0 Å². The average Bonchev–Trinajstić information content (AvgIpc) is 3.17. The van der Waals surface area contributed by atoms with E-state index in [0.29, 0.717) is 35.4 Å². The topological polar surface area (TPSA) is 101 Å². The van der Waals surface area contributed by atoms with Gasteiger partial charge in [0.15, 0.2) is 12.3 Å². The number of aromatic nitrogens is 2. The van der Waals surface area contributed by atoms with E-state index in [1.807, 2.05) is 6.07 Å². The predicted octanol–water partition coefficient (Wildman–Crippen LogP) is 2.55. The van der Waals surface area contributed by atoms with E-state index >= 15 is 0 Å². The van der Waals surface area contributed by atoms with Crippen LogP contribution in [-0.2, 0) is 14.3 Å². The van der Waals surface area contributed by atoms with E-state index in [9.17, 15) is 14.4 Å². The summed E-state index contributed by atoms with van der Waals surface area (Å²) in [5.74, 6) is -1.22. The first-order chi connectivity index (χ1) is 14.1. The van der Waals surface area contributed by atoms with E-state index < -0.39 is 18.5 Å². The molecule has 0 aliphatic carbocycles. The number of nitrogens with zero attached hydrogens (tertiary/aromatic N) is 3. The molecular formula is C21H18N4O4. The van der Waals surface area contributed by atoms with E-state index in [4.69, 9.17) is 4.74 Å². The van der Waals surface area contributed by atoms with Crippen LogP contribution in [0.25, 0.3) is 11.0 Å². The summed E-state index contributed by atoms with van der Waals surface area (Å²) in [6, 6.07) is 14.2. The predicted molar refractivity (Wildman–Crippen MR) is 106 cm³/mol. The molecule has 1 aliphatic rings. The third kappa shape index (κ3) is 4.06. The van der Waals surface area contributed by atoms with Gasteiger partial charge in [0.2, 0.25) is 5.91 Å². The number of nitrogens with one attached hydrogen (secondary N) is 1. The number of amides is 2. The van der Waals surface area contributed by atoms with Gasteiger partial charge in [0.25, 0.3) is 5.91 Å². The van der Waals surface area contributed by atoms with E-state index in [1.165, 1.54) is 6.20 Å². The van der Waals surface area contributed by atoms with Crippen molar-refractivity contribution in [3.8, 4) is 0 Å². The number of carbonyl (C=O) groups is 3. The van der Waals surface area contributed by atoms with Crippen LogP contribution >= 0.6 is 0 Å². The molecule has 1 N–H and O–H groups in total. The second-order valence-corrected chi connectivity index (χ2v) is 6.53. The summed E-state index contributed by atoms with van der Waals surface area (Å²) in [6.07, 6.45) is 2.59. The van der Waals surface area contributed by atoms with Crippen LogP contribution in [0.1, 0.15) is 23.3 Å². The number of hydrogen-bond acceptors (Lipinski definition) is 6. The largest absolute Gasteiger partial charge is 0.451 e. The van der Waals surface area contributed by atoms with Crippen molar-refractivity contribution in [2.45, 2.75) is 12.8 Å². The van der Waals surface area contributed by atoms with Gasteiger partial charge in [0.1, 0.15) is 0 Å². The molecule has 3 aromatic rings. The number of esters is 1. The van der Waals surface area contributed by atoms with Crippen molar-refractivity contribution in [1.29, 1.82) is 0 Å². The molecule has 1 aromatic heterocycles. The first kappa shape index (κ1) is 18.5. The molecule has 0 saturated carbocycles. The van der Waals surface area contributed by atoms with Crippen LogP contribution in [0.2, 0.25) is 0 Å². The normalized spacial score (nSPS) is 13.5. The maximum atomic E-state index is 12.3. The van der Waals surface area contributed by atoms with E-state index in [2.05, 4.69) is 15.3 Å². The number of carbonyl (C=O) groups excluding carboxylic acids is 3. The first-order valence-corrected chi connectivity index (χ1v) is 9.20. The van der Waals surface area contributed by atoms with E-state index in [-0.39, 0.29) is 11.6 Å². The Morgan fingerprint density at radius 1 is 1.07 bits per heavy atom. The Labute approximate surface area is 166 Å². The maximum Gasteiger partial charge on any atom is 0.359 e. The molecule has 1 fully saturated rings. The van der Waals surface area contributed by atoms with Crippen molar-refractivity contribution in [1.82, 2.24) is 9.97 Å². The molecule has 1 aliphatic heterocycles. The molecule has 146 valence electrons. The summed E-state index contributed by atoms with van der Waals surface area (Å²) in [7, 11) is 0. The highest BCUT2D eigenvalue weighted by atomic mass is 16.5. The number of anilines is 2. The molecule has 4 rings (SSSR count). The quantitative estimate of drug-likeness (QED) is 0.672. The van der Waals surface area contributed by atoms with Crippen molar-refractivity contribution >= 4 is 40.2 Å². The maximum absolute atomic E-state index is 12.3. The molecule has 2 heterocycles. The minimum Gasteiger partial charge on any atom is -0.451 e. The number of fused-ring (bicyclic) bond motifs is 1. The van der Waals surface area contributed by atoms with Crippen molar-refractivity contribution in [2.75, 3.05) is 23.4 Å². The molecule has 29 heavy (non-hydrogen) atoms. The Morgan fingerprint density at radius 3 is 2.62 bits per heavy atom. The zero-order valence-electron chi connectivity index (χ0n) is 15.5. The lowest BCUT2D eigenvalue weighted by atomic mass is 10.2. The molecule has 1 saturated heterocycles. The van der Waals surface area contributed by atoms with Gasteiger partial charge in [-0.15, -0.1) is 0 Å². The van der Waals surface area contributed by atoms with E-state index in [1.54, 1.807) is 47.4 Å². The molecule has 2 aromatic carbocycles. The van der Waals surface area contributed by atoms with Gasteiger partial charge in [0, 0.05) is 13.0 Å². The Hall–Kier alpha value is -3.81. The molecule has 0 bridgehead atoms. The molecule has 8 heteroatoms. The fourth-order valence-corrected chi connectivity index (χ4v) is 3.16. The van der Waals surface area contributed by atoms with Gasteiger partial charge < -0.3 is 15.0 Å². The summed E-state index contributed by atoms with van der Waals surface area (Å²) < 4.78 is 5.06. The van der Waals surface area contributed by atoms with Crippen molar-refractivity contribution < 1.29 is 19.1 Å². The molecule has 0 radical (unpaired) electrons. The monoisotopic (exact) mass is 390 g/mol. The summed E-state index contributed by atoms with van der Waals surface area (Å²) in [5, 5.41) is 2.70. The van der Waals surface area contributed by atoms with Gasteiger partial charge in [-0.1, -0.05) is 24.3 Å². The Bertz CT molecular complexity index is 1100. The number of rotatable bonds is 5.